The van der Waals surface area contributed by atoms with Crippen LogP contribution in [-0.4, -0.2) is 35.6 Å². The second-order valence-electron chi connectivity index (χ2n) is 5.75. The Labute approximate surface area is 147 Å². The standard InChI is InChI=1S/C15H19N3OS.2ClH/c1-2-14(20-7-1)15-17-12(10-19-15)9-18-6-4-13-11(8-18)3-5-16-13;;/h1-2,7,10-11,13,16H,3-6,8-9H2;2*1H. The predicted octanol–water partition coefficient (Wildman–Crippen LogP) is 3.43. The first-order chi connectivity index (χ1) is 9.88. The first-order valence-corrected chi connectivity index (χ1v) is 8.20. The van der Waals surface area contributed by atoms with Gasteiger partial charge in [-0.3, -0.25) is 4.90 Å². The summed E-state index contributed by atoms with van der Waals surface area (Å²) in [5.41, 5.74) is 1.05. The Morgan fingerprint density at radius 2 is 2.27 bits per heavy atom. The number of rotatable bonds is 3. The number of halogens is 2. The van der Waals surface area contributed by atoms with Crippen LogP contribution in [0.15, 0.2) is 28.2 Å². The Bertz CT molecular complexity index is 575. The van der Waals surface area contributed by atoms with Gasteiger partial charge in [-0.25, -0.2) is 4.98 Å². The van der Waals surface area contributed by atoms with Crippen molar-refractivity contribution >= 4 is 36.2 Å². The van der Waals surface area contributed by atoms with E-state index in [0.717, 1.165) is 41.5 Å². The average molecular weight is 362 g/mol. The number of hydrogen-bond acceptors (Lipinski definition) is 5. The molecule has 0 spiro atoms. The molecular formula is C15H21Cl2N3OS. The van der Waals surface area contributed by atoms with E-state index in [4.69, 9.17) is 4.42 Å². The number of oxazole rings is 1. The van der Waals surface area contributed by atoms with E-state index in [1.54, 1.807) is 11.3 Å². The van der Waals surface area contributed by atoms with Crippen LogP contribution in [0.3, 0.4) is 0 Å². The molecular weight excluding hydrogens is 341 g/mol. The average Bonchev–Trinajstić information content (AvgIpc) is 3.19. The van der Waals surface area contributed by atoms with Crippen LogP contribution in [-0.2, 0) is 6.54 Å². The molecule has 1 N–H and O–H groups in total. The number of likely N-dealkylation sites (tertiary alicyclic amines) is 1. The summed E-state index contributed by atoms with van der Waals surface area (Å²) >= 11 is 1.67. The minimum atomic E-state index is 0. The highest BCUT2D eigenvalue weighted by atomic mass is 35.5. The van der Waals surface area contributed by atoms with Gasteiger partial charge in [-0.1, -0.05) is 6.07 Å². The molecule has 122 valence electrons. The Hall–Kier alpha value is -0.590. The first-order valence-electron chi connectivity index (χ1n) is 7.32. The molecule has 2 aliphatic rings. The summed E-state index contributed by atoms with van der Waals surface area (Å²) < 4.78 is 5.60. The van der Waals surface area contributed by atoms with Crippen molar-refractivity contribution in [3.05, 3.63) is 29.5 Å². The summed E-state index contributed by atoms with van der Waals surface area (Å²) in [5.74, 6) is 1.58. The van der Waals surface area contributed by atoms with E-state index >= 15 is 0 Å². The van der Waals surface area contributed by atoms with E-state index < -0.39 is 0 Å². The van der Waals surface area contributed by atoms with Crippen LogP contribution in [0.1, 0.15) is 18.5 Å². The van der Waals surface area contributed by atoms with E-state index in [-0.39, 0.29) is 24.8 Å². The van der Waals surface area contributed by atoms with Gasteiger partial charge in [-0.15, -0.1) is 36.2 Å². The molecule has 0 saturated carbocycles. The molecule has 2 aromatic heterocycles. The Morgan fingerprint density at radius 1 is 1.36 bits per heavy atom. The van der Waals surface area contributed by atoms with Gasteiger partial charge in [-0.05, 0) is 36.8 Å². The number of aromatic nitrogens is 1. The zero-order chi connectivity index (χ0) is 13.4. The van der Waals surface area contributed by atoms with E-state index in [1.807, 2.05) is 12.3 Å². The molecule has 0 radical (unpaired) electrons. The van der Waals surface area contributed by atoms with Gasteiger partial charge < -0.3 is 9.73 Å². The molecule has 4 rings (SSSR count). The van der Waals surface area contributed by atoms with Crippen LogP contribution < -0.4 is 5.32 Å². The molecule has 2 unspecified atom stereocenters. The van der Waals surface area contributed by atoms with Gasteiger partial charge in [0.2, 0.25) is 5.89 Å². The van der Waals surface area contributed by atoms with E-state index in [9.17, 15) is 0 Å². The van der Waals surface area contributed by atoms with Crippen molar-refractivity contribution in [1.29, 1.82) is 0 Å². The SMILES string of the molecule is Cl.Cl.c1csc(-c2nc(CN3CCC4NCCC4C3)co2)c1. The van der Waals surface area contributed by atoms with Crippen LogP contribution >= 0.6 is 36.2 Å². The monoisotopic (exact) mass is 361 g/mol. The van der Waals surface area contributed by atoms with E-state index in [2.05, 4.69) is 26.6 Å². The Balaban J connectivity index is 0.000000882. The second kappa shape index (κ2) is 7.79. The third-order valence-electron chi connectivity index (χ3n) is 4.41. The molecule has 0 bridgehead atoms. The molecule has 2 fully saturated rings. The maximum Gasteiger partial charge on any atom is 0.236 e. The summed E-state index contributed by atoms with van der Waals surface area (Å²) in [6.07, 6.45) is 4.40. The lowest BCUT2D eigenvalue weighted by molar-refractivity contribution is 0.154. The normalized spacial score (nSPS) is 24.4. The molecule has 4 nitrogen and oxygen atoms in total. The van der Waals surface area contributed by atoms with E-state index in [1.165, 1.54) is 25.9 Å². The zero-order valence-corrected chi connectivity index (χ0v) is 14.7. The Morgan fingerprint density at radius 3 is 3.09 bits per heavy atom. The third-order valence-corrected chi connectivity index (χ3v) is 5.27. The molecule has 0 amide bonds. The lowest BCUT2D eigenvalue weighted by Crippen LogP contribution is -2.43. The maximum absolute atomic E-state index is 5.60. The minimum absolute atomic E-state index is 0. The van der Waals surface area contributed by atoms with Gasteiger partial charge in [0.15, 0.2) is 0 Å². The van der Waals surface area contributed by atoms with Gasteiger partial charge in [0.25, 0.3) is 0 Å². The van der Waals surface area contributed by atoms with Crippen LogP contribution in [0.25, 0.3) is 10.8 Å². The molecule has 22 heavy (non-hydrogen) atoms. The fourth-order valence-corrected chi connectivity index (χ4v) is 4.04. The number of thiophene rings is 1. The van der Waals surface area contributed by atoms with E-state index in [0.29, 0.717) is 0 Å². The quantitative estimate of drug-likeness (QED) is 0.908. The minimum Gasteiger partial charge on any atom is -0.444 e. The van der Waals surface area contributed by atoms with Crippen LogP contribution in [0, 0.1) is 5.92 Å². The number of nitrogens with one attached hydrogen (secondary N) is 1. The van der Waals surface area contributed by atoms with Gasteiger partial charge in [0.05, 0.1) is 10.6 Å². The summed E-state index contributed by atoms with van der Waals surface area (Å²) in [6.45, 7) is 4.46. The lowest BCUT2D eigenvalue weighted by atomic mass is 9.93. The summed E-state index contributed by atoms with van der Waals surface area (Å²) in [6, 6.07) is 4.84. The molecule has 2 saturated heterocycles. The molecule has 4 heterocycles. The van der Waals surface area contributed by atoms with Gasteiger partial charge in [0, 0.05) is 25.7 Å². The van der Waals surface area contributed by atoms with Crippen molar-refractivity contribution in [2.45, 2.75) is 25.4 Å². The number of hydrogen-bond donors (Lipinski definition) is 1. The maximum atomic E-state index is 5.60. The van der Waals surface area contributed by atoms with Crippen molar-refractivity contribution in [3.63, 3.8) is 0 Å². The Kier molecular flexibility index (Phi) is 6.29. The van der Waals surface area contributed by atoms with Crippen molar-refractivity contribution in [2.24, 2.45) is 5.92 Å². The summed E-state index contributed by atoms with van der Waals surface area (Å²) in [4.78, 5) is 8.24. The number of nitrogens with zero attached hydrogens (tertiary/aromatic N) is 2. The largest absolute Gasteiger partial charge is 0.444 e. The van der Waals surface area contributed by atoms with Crippen molar-refractivity contribution < 1.29 is 4.42 Å². The van der Waals surface area contributed by atoms with Crippen LogP contribution in [0.5, 0.6) is 0 Å². The van der Waals surface area contributed by atoms with Crippen molar-refractivity contribution in [2.75, 3.05) is 19.6 Å². The highest BCUT2D eigenvalue weighted by Crippen LogP contribution is 2.27. The highest BCUT2D eigenvalue weighted by molar-refractivity contribution is 7.13. The summed E-state index contributed by atoms with van der Waals surface area (Å²) in [7, 11) is 0. The van der Waals surface area contributed by atoms with Gasteiger partial charge >= 0.3 is 0 Å². The number of fused-ring (bicyclic) bond motifs is 1. The zero-order valence-electron chi connectivity index (χ0n) is 12.2. The van der Waals surface area contributed by atoms with Crippen molar-refractivity contribution in [1.82, 2.24) is 15.2 Å². The van der Waals surface area contributed by atoms with Crippen LogP contribution in [0.4, 0.5) is 0 Å². The van der Waals surface area contributed by atoms with Gasteiger partial charge in [0.1, 0.15) is 6.26 Å². The predicted molar refractivity (Wildman–Crippen MR) is 94.1 cm³/mol. The fourth-order valence-electron chi connectivity index (χ4n) is 3.39. The van der Waals surface area contributed by atoms with Crippen LogP contribution in [0.2, 0.25) is 0 Å². The molecule has 0 aromatic carbocycles. The smallest absolute Gasteiger partial charge is 0.236 e. The molecule has 7 heteroatoms. The molecule has 0 aliphatic carbocycles. The third kappa shape index (κ3) is 3.66. The lowest BCUT2D eigenvalue weighted by Gasteiger charge is -2.34. The molecule has 2 aromatic rings. The summed E-state index contributed by atoms with van der Waals surface area (Å²) in [5, 5.41) is 5.66. The van der Waals surface area contributed by atoms with Gasteiger partial charge in [-0.2, -0.15) is 0 Å². The number of piperidine rings is 1. The van der Waals surface area contributed by atoms with Crippen molar-refractivity contribution in [3.8, 4) is 10.8 Å². The highest BCUT2D eigenvalue weighted by Gasteiger charge is 2.32. The second-order valence-corrected chi connectivity index (χ2v) is 6.70. The first kappa shape index (κ1) is 17.8. The molecule has 2 atom stereocenters. The molecule has 2 aliphatic heterocycles. The topological polar surface area (TPSA) is 41.3 Å². The fraction of sp³-hybridized carbons (Fsp3) is 0.533.